The van der Waals surface area contributed by atoms with Crippen LogP contribution in [0, 0.1) is 18.8 Å². The van der Waals surface area contributed by atoms with Crippen LogP contribution in [0.5, 0.6) is 0 Å². The molecule has 0 heterocycles. The first-order valence-corrected chi connectivity index (χ1v) is 8.06. The second-order valence-corrected chi connectivity index (χ2v) is 6.20. The number of aryl methyl sites for hydroxylation is 1. The van der Waals surface area contributed by atoms with Gasteiger partial charge in [0.2, 0.25) is 0 Å². The summed E-state index contributed by atoms with van der Waals surface area (Å²) in [4.78, 5) is 0. The number of rotatable bonds is 7. The zero-order valence-corrected chi connectivity index (χ0v) is 12.6. The highest BCUT2D eigenvalue weighted by molar-refractivity contribution is 5.22. The molecule has 1 saturated carbocycles. The van der Waals surface area contributed by atoms with Crippen LogP contribution in [0.4, 0.5) is 0 Å². The van der Waals surface area contributed by atoms with Gasteiger partial charge in [-0.15, -0.1) is 0 Å². The van der Waals surface area contributed by atoms with E-state index in [1.165, 1.54) is 56.2 Å². The molecule has 1 nitrogen and oxygen atoms in total. The minimum absolute atomic E-state index is 0.829. The molecule has 1 aromatic rings. The third kappa shape index (κ3) is 4.65. The summed E-state index contributed by atoms with van der Waals surface area (Å²) in [6.07, 6.45) is 8.28. The van der Waals surface area contributed by atoms with E-state index in [2.05, 4.69) is 43.4 Å². The van der Waals surface area contributed by atoms with Crippen LogP contribution in [-0.4, -0.2) is 13.1 Å². The maximum absolute atomic E-state index is 3.65. The zero-order valence-electron chi connectivity index (χ0n) is 12.6. The maximum atomic E-state index is 3.65. The van der Waals surface area contributed by atoms with Gasteiger partial charge in [-0.2, -0.15) is 0 Å². The minimum atomic E-state index is 0.829. The summed E-state index contributed by atoms with van der Waals surface area (Å²) in [5, 5.41) is 3.65. The molecule has 0 saturated heterocycles. The third-order valence-electron chi connectivity index (χ3n) is 4.48. The van der Waals surface area contributed by atoms with Gasteiger partial charge in [-0.25, -0.2) is 0 Å². The SMILES string of the molecule is CCCNCC(Cc1cccc(C)c1)C1CCCC1. The lowest BCUT2D eigenvalue weighted by Gasteiger charge is -2.24. The van der Waals surface area contributed by atoms with E-state index in [0.29, 0.717) is 0 Å². The Kier molecular flexibility index (Phi) is 5.91. The fourth-order valence-corrected chi connectivity index (χ4v) is 3.44. The third-order valence-corrected chi connectivity index (χ3v) is 4.48. The minimum Gasteiger partial charge on any atom is -0.316 e. The zero-order chi connectivity index (χ0) is 13.5. The van der Waals surface area contributed by atoms with Crippen molar-refractivity contribution in [2.24, 2.45) is 11.8 Å². The molecule has 1 aliphatic carbocycles. The van der Waals surface area contributed by atoms with Crippen molar-refractivity contribution in [2.45, 2.75) is 52.4 Å². The topological polar surface area (TPSA) is 12.0 Å². The molecule has 2 rings (SSSR count). The second-order valence-electron chi connectivity index (χ2n) is 6.20. The number of nitrogens with one attached hydrogen (secondary N) is 1. The molecule has 1 heteroatoms. The predicted octanol–water partition coefficient (Wildman–Crippen LogP) is 4.34. The molecule has 1 fully saturated rings. The van der Waals surface area contributed by atoms with E-state index in [1.54, 1.807) is 0 Å². The van der Waals surface area contributed by atoms with Gasteiger partial charge in [0.1, 0.15) is 0 Å². The molecule has 0 aromatic heterocycles. The summed E-state index contributed by atoms with van der Waals surface area (Å²) in [6.45, 7) is 6.81. The van der Waals surface area contributed by atoms with Crippen molar-refractivity contribution in [3.8, 4) is 0 Å². The van der Waals surface area contributed by atoms with Gasteiger partial charge in [0.15, 0.2) is 0 Å². The number of hydrogen-bond donors (Lipinski definition) is 1. The van der Waals surface area contributed by atoms with Crippen molar-refractivity contribution in [3.05, 3.63) is 35.4 Å². The Morgan fingerprint density at radius 3 is 2.74 bits per heavy atom. The van der Waals surface area contributed by atoms with Crippen molar-refractivity contribution in [1.82, 2.24) is 5.32 Å². The van der Waals surface area contributed by atoms with Gasteiger partial charge in [0.25, 0.3) is 0 Å². The van der Waals surface area contributed by atoms with Crippen LogP contribution in [0.2, 0.25) is 0 Å². The highest BCUT2D eigenvalue weighted by atomic mass is 14.9. The Hall–Kier alpha value is -0.820. The molecule has 0 bridgehead atoms. The Labute approximate surface area is 118 Å². The largest absolute Gasteiger partial charge is 0.316 e. The van der Waals surface area contributed by atoms with Crippen LogP contribution in [0.25, 0.3) is 0 Å². The van der Waals surface area contributed by atoms with Crippen molar-refractivity contribution >= 4 is 0 Å². The molecule has 1 N–H and O–H groups in total. The van der Waals surface area contributed by atoms with Crippen LogP contribution in [0.1, 0.15) is 50.2 Å². The summed E-state index contributed by atoms with van der Waals surface area (Å²) in [7, 11) is 0. The quantitative estimate of drug-likeness (QED) is 0.718. The van der Waals surface area contributed by atoms with Gasteiger partial charge in [0.05, 0.1) is 0 Å². The molecular formula is C18H29N. The van der Waals surface area contributed by atoms with Crippen molar-refractivity contribution in [1.29, 1.82) is 0 Å². The molecular weight excluding hydrogens is 230 g/mol. The number of benzene rings is 1. The van der Waals surface area contributed by atoms with E-state index in [9.17, 15) is 0 Å². The predicted molar refractivity (Wildman–Crippen MR) is 83.5 cm³/mol. The van der Waals surface area contributed by atoms with Gasteiger partial charge in [-0.1, -0.05) is 62.4 Å². The van der Waals surface area contributed by atoms with E-state index >= 15 is 0 Å². The summed E-state index contributed by atoms with van der Waals surface area (Å²) in [6, 6.07) is 9.07. The molecule has 0 spiro atoms. The fourth-order valence-electron chi connectivity index (χ4n) is 3.44. The first-order chi connectivity index (χ1) is 9.29. The molecule has 1 unspecified atom stereocenters. The van der Waals surface area contributed by atoms with Gasteiger partial charge >= 0.3 is 0 Å². The van der Waals surface area contributed by atoms with E-state index in [4.69, 9.17) is 0 Å². The van der Waals surface area contributed by atoms with E-state index in [-0.39, 0.29) is 0 Å². The van der Waals surface area contributed by atoms with Crippen molar-refractivity contribution in [2.75, 3.05) is 13.1 Å². The van der Waals surface area contributed by atoms with Crippen LogP contribution < -0.4 is 5.32 Å². The molecule has 0 aliphatic heterocycles. The normalized spacial score (nSPS) is 17.8. The monoisotopic (exact) mass is 259 g/mol. The Morgan fingerprint density at radius 1 is 1.26 bits per heavy atom. The Morgan fingerprint density at radius 2 is 2.05 bits per heavy atom. The van der Waals surface area contributed by atoms with E-state index in [0.717, 1.165) is 18.4 Å². The van der Waals surface area contributed by atoms with Crippen LogP contribution >= 0.6 is 0 Å². The smallest absolute Gasteiger partial charge is 0.00147 e. The van der Waals surface area contributed by atoms with Gasteiger partial charge < -0.3 is 5.32 Å². The highest BCUT2D eigenvalue weighted by Gasteiger charge is 2.24. The Balaban J connectivity index is 1.95. The van der Waals surface area contributed by atoms with Gasteiger partial charge in [-0.3, -0.25) is 0 Å². The molecule has 0 amide bonds. The maximum Gasteiger partial charge on any atom is -0.00147 e. The Bertz CT molecular complexity index is 366. The first kappa shape index (κ1) is 14.6. The highest BCUT2D eigenvalue weighted by Crippen LogP contribution is 2.33. The van der Waals surface area contributed by atoms with Crippen molar-refractivity contribution < 1.29 is 0 Å². The summed E-state index contributed by atoms with van der Waals surface area (Å²) in [5.74, 6) is 1.78. The lowest BCUT2D eigenvalue weighted by Crippen LogP contribution is -2.29. The van der Waals surface area contributed by atoms with Crippen LogP contribution in [-0.2, 0) is 6.42 Å². The van der Waals surface area contributed by atoms with Crippen molar-refractivity contribution in [3.63, 3.8) is 0 Å². The van der Waals surface area contributed by atoms with Gasteiger partial charge in [-0.05, 0) is 50.3 Å². The first-order valence-electron chi connectivity index (χ1n) is 8.06. The van der Waals surface area contributed by atoms with Crippen LogP contribution in [0.15, 0.2) is 24.3 Å². The van der Waals surface area contributed by atoms with Gasteiger partial charge in [0, 0.05) is 0 Å². The summed E-state index contributed by atoms with van der Waals surface area (Å²) >= 11 is 0. The lowest BCUT2D eigenvalue weighted by molar-refractivity contribution is 0.321. The molecule has 1 atom stereocenters. The molecule has 1 aromatic carbocycles. The molecule has 1 aliphatic rings. The van der Waals surface area contributed by atoms with Crippen LogP contribution in [0.3, 0.4) is 0 Å². The average Bonchev–Trinajstić information content (AvgIpc) is 2.92. The summed E-state index contributed by atoms with van der Waals surface area (Å²) in [5.41, 5.74) is 2.92. The summed E-state index contributed by atoms with van der Waals surface area (Å²) < 4.78 is 0. The van der Waals surface area contributed by atoms with E-state index < -0.39 is 0 Å². The molecule has 19 heavy (non-hydrogen) atoms. The molecule has 0 radical (unpaired) electrons. The lowest BCUT2D eigenvalue weighted by atomic mass is 9.85. The molecule has 106 valence electrons. The average molecular weight is 259 g/mol. The fraction of sp³-hybridized carbons (Fsp3) is 0.667. The number of hydrogen-bond acceptors (Lipinski definition) is 1. The van der Waals surface area contributed by atoms with E-state index in [1.807, 2.05) is 0 Å². The standard InChI is InChI=1S/C18H29N/c1-3-11-19-14-18(17-9-4-5-10-17)13-16-8-6-7-15(2)12-16/h6-8,12,17-19H,3-5,9-11,13-14H2,1-2H3. The second kappa shape index (κ2) is 7.69.